The Labute approximate surface area is 98.7 Å². The van der Waals surface area contributed by atoms with E-state index in [2.05, 4.69) is 28.1 Å². The van der Waals surface area contributed by atoms with E-state index in [1.807, 2.05) is 12.1 Å². The van der Waals surface area contributed by atoms with Gasteiger partial charge >= 0.3 is 0 Å². The Kier molecular flexibility index (Phi) is 4.03. The molecule has 82 valence electrons. The first-order chi connectivity index (χ1) is 7.38. The molecule has 3 heteroatoms. The summed E-state index contributed by atoms with van der Waals surface area (Å²) >= 11 is 3.43. The topological polar surface area (TPSA) is 18.5 Å². The normalized spacial score (nSPS) is 20.5. The molecule has 0 aliphatic carbocycles. The van der Waals surface area contributed by atoms with Gasteiger partial charge in [0.1, 0.15) is 11.9 Å². The van der Waals surface area contributed by atoms with E-state index >= 15 is 0 Å². The fraction of sp³-hybridized carbons (Fsp3) is 0.500. The monoisotopic (exact) mass is 270 g/mol. The third-order valence-electron chi connectivity index (χ3n) is 2.50. The zero-order valence-electron chi connectivity index (χ0n) is 8.62. The van der Waals surface area contributed by atoms with Gasteiger partial charge in [-0.3, -0.25) is 0 Å². The van der Waals surface area contributed by atoms with E-state index in [9.17, 15) is 0 Å². The van der Waals surface area contributed by atoms with Crippen LogP contribution >= 0.6 is 15.9 Å². The predicted molar refractivity (Wildman–Crippen MR) is 63.8 cm³/mol. The molecule has 1 saturated heterocycles. The highest BCUT2D eigenvalue weighted by Crippen LogP contribution is 2.17. The minimum atomic E-state index is 0.243. The van der Waals surface area contributed by atoms with E-state index in [1.54, 1.807) is 0 Å². The smallest absolute Gasteiger partial charge is 0.124 e. The SMILES string of the molecule is BrCCc1ccc(OC2CCOC2)cc1. The summed E-state index contributed by atoms with van der Waals surface area (Å²) in [6.07, 6.45) is 2.31. The van der Waals surface area contributed by atoms with E-state index in [1.165, 1.54) is 5.56 Å². The predicted octanol–water partition coefficient (Wildman–Crippen LogP) is 2.79. The Bertz CT molecular complexity index is 291. The second-order valence-electron chi connectivity index (χ2n) is 3.69. The highest BCUT2D eigenvalue weighted by Gasteiger charge is 2.16. The van der Waals surface area contributed by atoms with Crippen molar-refractivity contribution in [1.82, 2.24) is 0 Å². The van der Waals surface area contributed by atoms with Crippen molar-refractivity contribution < 1.29 is 9.47 Å². The minimum Gasteiger partial charge on any atom is -0.488 e. The molecule has 1 heterocycles. The fourth-order valence-electron chi connectivity index (χ4n) is 1.64. The first-order valence-electron chi connectivity index (χ1n) is 5.28. The molecule has 15 heavy (non-hydrogen) atoms. The number of hydrogen-bond acceptors (Lipinski definition) is 2. The molecule has 0 saturated carbocycles. The molecule has 0 aromatic heterocycles. The Morgan fingerprint density at radius 2 is 2.13 bits per heavy atom. The van der Waals surface area contributed by atoms with Gasteiger partial charge in [0.15, 0.2) is 0 Å². The third-order valence-corrected chi connectivity index (χ3v) is 2.89. The van der Waals surface area contributed by atoms with Gasteiger partial charge in [0.25, 0.3) is 0 Å². The summed E-state index contributed by atoms with van der Waals surface area (Å²) in [5.41, 5.74) is 1.34. The van der Waals surface area contributed by atoms with Crippen LogP contribution in [0.5, 0.6) is 5.75 Å². The highest BCUT2D eigenvalue weighted by atomic mass is 79.9. The first kappa shape index (κ1) is 11.0. The zero-order chi connectivity index (χ0) is 10.5. The van der Waals surface area contributed by atoms with Crippen molar-refractivity contribution in [3.63, 3.8) is 0 Å². The van der Waals surface area contributed by atoms with Crippen LogP contribution in [0.25, 0.3) is 0 Å². The summed E-state index contributed by atoms with van der Waals surface area (Å²) < 4.78 is 11.0. The van der Waals surface area contributed by atoms with Gasteiger partial charge < -0.3 is 9.47 Å². The number of hydrogen-bond donors (Lipinski definition) is 0. The van der Waals surface area contributed by atoms with E-state index in [0.29, 0.717) is 0 Å². The molecular formula is C12H15BrO2. The molecule has 1 aliphatic heterocycles. The number of ether oxygens (including phenoxy) is 2. The Morgan fingerprint density at radius 3 is 2.73 bits per heavy atom. The molecule has 1 aromatic rings. The van der Waals surface area contributed by atoms with Gasteiger partial charge in [0, 0.05) is 11.8 Å². The number of aryl methyl sites for hydroxylation is 1. The molecule has 1 aromatic carbocycles. The van der Waals surface area contributed by atoms with Crippen LogP contribution in [-0.2, 0) is 11.2 Å². The first-order valence-corrected chi connectivity index (χ1v) is 6.40. The summed E-state index contributed by atoms with van der Waals surface area (Å²) in [4.78, 5) is 0. The molecule has 1 unspecified atom stereocenters. The van der Waals surface area contributed by atoms with Crippen LogP contribution in [0.15, 0.2) is 24.3 Å². The summed E-state index contributed by atoms with van der Waals surface area (Å²) in [5, 5.41) is 1.00. The maximum absolute atomic E-state index is 5.77. The number of halogens is 1. The van der Waals surface area contributed by atoms with E-state index in [-0.39, 0.29) is 6.10 Å². The van der Waals surface area contributed by atoms with Crippen molar-refractivity contribution in [2.75, 3.05) is 18.5 Å². The molecular weight excluding hydrogens is 256 g/mol. The Morgan fingerprint density at radius 1 is 1.33 bits per heavy atom. The van der Waals surface area contributed by atoms with Crippen LogP contribution in [0.4, 0.5) is 0 Å². The van der Waals surface area contributed by atoms with Gasteiger partial charge in [-0.2, -0.15) is 0 Å². The van der Waals surface area contributed by atoms with Crippen LogP contribution in [0.3, 0.4) is 0 Å². The van der Waals surface area contributed by atoms with E-state index in [4.69, 9.17) is 9.47 Å². The molecule has 0 bridgehead atoms. The van der Waals surface area contributed by atoms with Crippen LogP contribution in [0.2, 0.25) is 0 Å². The summed E-state index contributed by atoms with van der Waals surface area (Å²) in [6, 6.07) is 8.31. The van der Waals surface area contributed by atoms with Gasteiger partial charge in [-0.25, -0.2) is 0 Å². The maximum atomic E-state index is 5.77. The van der Waals surface area contributed by atoms with Crippen LogP contribution in [0.1, 0.15) is 12.0 Å². The zero-order valence-corrected chi connectivity index (χ0v) is 10.2. The fourth-order valence-corrected chi connectivity index (χ4v) is 2.10. The van der Waals surface area contributed by atoms with Crippen LogP contribution in [-0.4, -0.2) is 24.6 Å². The second kappa shape index (κ2) is 5.52. The van der Waals surface area contributed by atoms with E-state index < -0.39 is 0 Å². The van der Waals surface area contributed by atoms with Crippen molar-refractivity contribution in [2.24, 2.45) is 0 Å². The molecule has 0 amide bonds. The van der Waals surface area contributed by atoms with Crippen LogP contribution in [0, 0.1) is 0 Å². The van der Waals surface area contributed by atoms with Crippen molar-refractivity contribution in [1.29, 1.82) is 0 Å². The average Bonchev–Trinajstić information content (AvgIpc) is 2.74. The van der Waals surface area contributed by atoms with Gasteiger partial charge in [-0.05, 0) is 24.1 Å². The van der Waals surface area contributed by atoms with Gasteiger partial charge in [-0.15, -0.1) is 0 Å². The minimum absolute atomic E-state index is 0.243. The summed E-state index contributed by atoms with van der Waals surface area (Å²) in [7, 11) is 0. The number of benzene rings is 1. The molecule has 0 spiro atoms. The van der Waals surface area contributed by atoms with Crippen molar-refractivity contribution in [2.45, 2.75) is 18.9 Å². The maximum Gasteiger partial charge on any atom is 0.124 e. The van der Waals surface area contributed by atoms with Crippen molar-refractivity contribution in [3.05, 3.63) is 29.8 Å². The Balaban J connectivity index is 1.91. The molecule has 2 rings (SSSR count). The van der Waals surface area contributed by atoms with Gasteiger partial charge in [-0.1, -0.05) is 28.1 Å². The molecule has 1 atom stereocenters. The second-order valence-corrected chi connectivity index (χ2v) is 4.48. The lowest BCUT2D eigenvalue weighted by molar-refractivity contribution is 0.141. The lowest BCUT2D eigenvalue weighted by atomic mass is 10.2. The summed E-state index contributed by atoms with van der Waals surface area (Å²) in [6.45, 7) is 1.55. The van der Waals surface area contributed by atoms with Gasteiger partial charge in [0.05, 0.1) is 13.2 Å². The molecule has 0 radical (unpaired) electrons. The number of rotatable bonds is 4. The quantitative estimate of drug-likeness (QED) is 0.784. The van der Waals surface area contributed by atoms with Crippen molar-refractivity contribution in [3.8, 4) is 5.75 Å². The average molecular weight is 271 g/mol. The molecule has 1 fully saturated rings. The molecule has 2 nitrogen and oxygen atoms in total. The number of alkyl halides is 1. The van der Waals surface area contributed by atoms with E-state index in [0.717, 1.165) is 37.1 Å². The highest BCUT2D eigenvalue weighted by molar-refractivity contribution is 9.09. The lowest BCUT2D eigenvalue weighted by Crippen LogP contribution is -2.15. The molecule has 1 aliphatic rings. The van der Waals surface area contributed by atoms with Gasteiger partial charge in [0.2, 0.25) is 0 Å². The van der Waals surface area contributed by atoms with Crippen molar-refractivity contribution >= 4 is 15.9 Å². The largest absolute Gasteiger partial charge is 0.488 e. The lowest BCUT2D eigenvalue weighted by Gasteiger charge is -2.11. The Hall–Kier alpha value is -0.540. The summed E-state index contributed by atoms with van der Waals surface area (Å²) in [5.74, 6) is 0.948. The third kappa shape index (κ3) is 3.21. The van der Waals surface area contributed by atoms with Crippen LogP contribution < -0.4 is 4.74 Å². The standard InChI is InChI=1S/C12H15BrO2/c13-7-5-10-1-3-11(4-2-10)15-12-6-8-14-9-12/h1-4,12H,5-9H2. The molecule has 0 N–H and O–H groups in total.